The molecule has 10 nitrogen and oxygen atoms in total. The Bertz CT molecular complexity index is 1800. The topological polar surface area (TPSA) is 120 Å². The maximum atomic E-state index is 13.7. The van der Waals surface area contributed by atoms with Crippen LogP contribution in [0.3, 0.4) is 0 Å². The van der Waals surface area contributed by atoms with Crippen LogP contribution in [0.1, 0.15) is 81.4 Å². The number of piperidine rings is 1. The van der Waals surface area contributed by atoms with E-state index < -0.39 is 5.41 Å². The highest BCUT2D eigenvalue weighted by atomic mass is 16.5. The summed E-state index contributed by atoms with van der Waals surface area (Å²) in [7, 11) is 3.64. The van der Waals surface area contributed by atoms with Gasteiger partial charge < -0.3 is 29.8 Å². The summed E-state index contributed by atoms with van der Waals surface area (Å²) in [5.41, 5.74) is 10.8. The van der Waals surface area contributed by atoms with Crippen LogP contribution in [-0.2, 0) is 18.4 Å². The van der Waals surface area contributed by atoms with Gasteiger partial charge in [0.05, 0.1) is 30.1 Å². The summed E-state index contributed by atoms with van der Waals surface area (Å²) in [4.78, 5) is 38.9. The van der Waals surface area contributed by atoms with Gasteiger partial charge in [-0.05, 0) is 68.4 Å². The van der Waals surface area contributed by atoms with E-state index in [1.807, 2.05) is 50.9 Å². The summed E-state index contributed by atoms with van der Waals surface area (Å²) in [5.74, 6) is 2.54. The molecule has 3 aliphatic rings. The minimum Gasteiger partial charge on any atom is -0.494 e. The lowest BCUT2D eigenvalue weighted by atomic mass is 9.85. The van der Waals surface area contributed by atoms with E-state index in [1.165, 1.54) is 0 Å². The summed E-state index contributed by atoms with van der Waals surface area (Å²) >= 11 is 0. The molecule has 0 unspecified atom stereocenters. The molecule has 1 saturated heterocycles. The molecule has 45 heavy (non-hydrogen) atoms. The van der Waals surface area contributed by atoms with Crippen LogP contribution in [0.15, 0.2) is 30.3 Å². The summed E-state index contributed by atoms with van der Waals surface area (Å²) in [6.07, 6.45) is 6.13. The van der Waals surface area contributed by atoms with E-state index in [0.717, 1.165) is 85.4 Å². The van der Waals surface area contributed by atoms with Gasteiger partial charge in [0.15, 0.2) is 5.82 Å². The highest BCUT2D eigenvalue weighted by Gasteiger charge is 2.47. The van der Waals surface area contributed by atoms with Crippen molar-refractivity contribution in [3.05, 3.63) is 41.6 Å². The van der Waals surface area contributed by atoms with Gasteiger partial charge in [0.2, 0.25) is 5.91 Å². The molecule has 3 N–H and O–H groups in total. The molecule has 2 fully saturated rings. The first kappa shape index (κ1) is 29.8. The van der Waals surface area contributed by atoms with E-state index in [2.05, 4.69) is 26.6 Å². The van der Waals surface area contributed by atoms with Crippen LogP contribution in [-0.4, -0.2) is 62.1 Å². The number of benzene rings is 1. The second-order valence-electron chi connectivity index (χ2n) is 14.1. The van der Waals surface area contributed by atoms with Crippen LogP contribution in [0, 0.1) is 17.3 Å². The van der Waals surface area contributed by atoms with Crippen molar-refractivity contribution in [3.63, 3.8) is 0 Å². The smallest absolute Gasteiger partial charge is 0.254 e. The van der Waals surface area contributed by atoms with Gasteiger partial charge in [-0.15, -0.1) is 0 Å². The molecule has 2 amide bonds. The third kappa shape index (κ3) is 5.26. The minimum absolute atomic E-state index is 0.0215. The Labute approximate surface area is 264 Å². The molecule has 3 aromatic heterocycles. The van der Waals surface area contributed by atoms with E-state index in [0.29, 0.717) is 35.2 Å². The molecule has 238 valence electrons. The van der Waals surface area contributed by atoms with Gasteiger partial charge in [0.1, 0.15) is 16.9 Å². The lowest BCUT2D eigenvalue weighted by Crippen LogP contribution is -2.47. The normalized spacial score (nSPS) is 25.2. The first-order valence-electron chi connectivity index (χ1n) is 16.5. The van der Waals surface area contributed by atoms with Crippen LogP contribution >= 0.6 is 0 Å². The molecule has 1 saturated carbocycles. The molecule has 1 aliphatic carbocycles. The Morgan fingerprint density at radius 2 is 1.89 bits per heavy atom. The number of aryl methyl sites for hydroxylation is 2. The number of nitrogens with two attached hydrogens (primary N) is 1. The summed E-state index contributed by atoms with van der Waals surface area (Å²) in [6.45, 7) is 8.22. The van der Waals surface area contributed by atoms with Crippen molar-refractivity contribution in [1.82, 2.24) is 29.3 Å². The number of aromatic nitrogens is 4. The zero-order valence-corrected chi connectivity index (χ0v) is 27.1. The average molecular weight is 612 g/mol. The number of methoxy groups -OCH3 is 1. The van der Waals surface area contributed by atoms with Gasteiger partial charge in [-0.25, -0.2) is 9.97 Å². The number of imidazole rings is 1. The van der Waals surface area contributed by atoms with Crippen LogP contribution in [0.4, 0.5) is 0 Å². The Hall–Kier alpha value is -3.92. The number of rotatable bonds is 3. The van der Waals surface area contributed by atoms with Gasteiger partial charge in [0.25, 0.3) is 5.91 Å². The van der Waals surface area contributed by atoms with Crippen molar-refractivity contribution < 1.29 is 14.3 Å². The number of amides is 2. The average Bonchev–Trinajstić information content (AvgIpc) is 3.63. The monoisotopic (exact) mass is 611 g/mol. The maximum Gasteiger partial charge on any atom is 0.254 e. The van der Waals surface area contributed by atoms with Gasteiger partial charge in [-0.3, -0.25) is 9.59 Å². The zero-order valence-electron chi connectivity index (χ0n) is 27.1. The maximum absolute atomic E-state index is 13.7. The molecule has 0 radical (unpaired) electrons. The predicted octanol–water partition coefficient (Wildman–Crippen LogP) is 5.19. The Balaban J connectivity index is 1.29. The highest BCUT2D eigenvalue weighted by molar-refractivity contribution is 6.00. The minimum atomic E-state index is -0.414. The summed E-state index contributed by atoms with van der Waals surface area (Å²) < 4.78 is 10.2. The first-order valence-corrected chi connectivity index (χ1v) is 16.5. The quantitative estimate of drug-likeness (QED) is 0.329. The lowest BCUT2D eigenvalue weighted by molar-refractivity contribution is -0.130. The third-order valence-corrected chi connectivity index (χ3v) is 10.4. The van der Waals surface area contributed by atoms with Crippen molar-refractivity contribution in [1.29, 1.82) is 0 Å². The van der Waals surface area contributed by atoms with Crippen molar-refractivity contribution in [3.8, 4) is 17.3 Å². The van der Waals surface area contributed by atoms with E-state index in [1.54, 1.807) is 7.11 Å². The van der Waals surface area contributed by atoms with Crippen molar-refractivity contribution >= 4 is 33.9 Å². The lowest BCUT2D eigenvalue weighted by Gasteiger charge is -2.30. The fraction of sp³-hybridized carbons (Fsp3) is 0.543. The highest BCUT2D eigenvalue weighted by Crippen LogP contribution is 2.45. The molecule has 5 heterocycles. The number of fused-ring (bicyclic) bond motifs is 3. The van der Waals surface area contributed by atoms with Gasteiger partial charge in [0, 0.05) is 49.1 Å². The second-order valence-corrected chi connectivity index (χ2v) is 14.1. The van der Waals surface area contributed by atoms with E-state index in [4.69, 9.17) is 20.4 Å². The molecule has 2 aliphatic heterocycles. The number of nitrogens with zero attached hydrogens (tertiary/aromatic N) is 5. The number of carbonyl (C=O) groups is 2. The molecule has 4 atom stereocenters. The van der Waals surface area contributed by atoms with Gasteiger partial charge in [-0.1, -0.05) is 33.1 Å². The Morgan fingerprint density at radius 1 is 1.09 bits per heavy atom. The molecular weight excluding hydrogens is 566 g/mol. The van der Waals surface area contributed by atoms with E-state index >= 15 is 0 Å². The van der Waals surface area contributed by atoms with Gasteiger partial charge in [-0.2, -0.15) is 0 Å². The van der Waals surface area contributed by atoms with E-state index in [9.17, 15) is 9.59 Å². The predicted molar refractivity (Wildman–Crippen MR) is 175 cm³/mol. The van der Waals surface area contributed by atoms with Crippen molar-refractivity contribution in [2.45, 2.75) is 77.9 Å². The fourth-order valence-electron chi connectivity index (χ4n) is 7.48. The molecule has 0 spiro atoms. The molecule has 2 bridgehead atoms. The summed E-state index contributed by atoms with van der Waals surface area (Å²) in [6, 6.07) is 9.80. The van der Waals surface area contributed by atoms with Crippen LogP contribution in [0.25, 0.3) is 33.6 Å². The molecule has 4 aromatic rings. The standard InChI is InChI=1S/C35H45N7O3/c1-20-26-11-10-21-16-28(42(31(21)38-26)13-9-7-6-8-12-35(2,3)34(44)37-20)32-39-27-15-22(17-29(45-5)30(27)40(32)4)33(43)41-18-23-14-24(23)25(36)19-41/h10-11,15-17,20,23-25H,6-9,12-14,18-19,36H2,1-5H3,(H,37,44)/t20-,23-,24-,25+/m1/s1. The number of ether oxygens (including phenoxy) is 1. The number of hydrogen-bond acceptors (Lipinski definition) is 6. The number of nitrogens with one attached hydrogen (secondary N) is 1. The Morgan fingerprint density at radius 3 is 2.67 bits per heavy atom. The fourth-order valence-corrected chi connectivity index (χ4v) is 7.48. The number of pyridine rings is 1. The van der Waals surface area contributed by atoms with Crippen LogP contribution in [0.2, 0.25) is 0 Å². The van der Waals surface area contributed by atoms with Crippen molar-refractivity contribution in [2.75, 3.05) is 20.2 Å². The SMILES string of the molecule is COc1cc(C(=O)N2C[C@H]3C[C@H]3[C@@H](N)C2)cc2nc(-c3cc4ccc5nc4n3CCCCCCC(C)(C)C(=O)N[C@@H]5C)n(C)c12. The van der Waals surface area contributed by atoms with Crippen molar-refractivity contribution in [2.24, 2.45) is 30.0 Å². The number of hydrogen-bond donors (Lipinski definition) is 2. The van der Waals surface area contributed by atoms with E-state index in [-0.39, 0.29) is 23.9 Å². The second kappa shape index (κ2) is 11.2. The number of carbonyl (C=O) groups excluding carboxylic acids is 2. The first-order chi connectivity index (χ1) is 21.6. The molecule has 1 aromatic carbocycles. The molecule has 7 rings (SSSR count). The molecule has 10 heteroatoms. The Kier molecular flexibility index (Phi) is 7.38. The third-order valence-electron chi connectivity index (χ3n) is 10.4. The number of likely N-dealkylation sites (tertiary alicyclic amines) is 1. The largest absolute Gasteiger partial charge is 0.494 e. The van der Waals surface area contributed by atoms with Crippen LogP contribution in [0.5, 0.6) is 5.75 Å². The zero-order chi connectivity index (χ0) is 31.6. The molecular formula is C35H45N7O3. The van der Waals surface area contributed by atoms with Gasteiger partial charge >= 0.3 is 0 Å². The summed E-state index contributed by atoms with van der Waals surface area (Å²) in [5, 5.41) is 4.23. The van der Waals surface area contributed by atoms with Crippen LogP contribution < -0.4 is 15.8 Å².